The normalized spacial score (nSPS) is 12.8. The van der Waals surface area contributed by atoms with Gasteiger partial charge in [0.05, 0.1) is 5.02 Å². The molecule has 0 aliphatic rings. The highest BCUT2D eigenvalue weighted by atomic mass is 35.5. The smallest absolute Gasteiger partial charge is 0.254 e. The van der Waals surface area contributed by atoms with Crippen LogP contribution < -0.4 is 5.32 Å². The number of halogens is 1. The van der Waals surface area contributed by atoms with Crippen molar-refractivity contribution >= 4 is 34.8 Å². The number of hydrogen-bond acceptors (Lipinski definition) is 5. The minimum atomic E-state index is -1.72. The summed E-state index contributed by atoms with van der Waals surface area (Å²) in [5.41, 5.74) is 1.14. The molecule has 2 aromatic rings. The van der Waals surface area contributed by atoms with Crippen molar-refractivity contribution in [3.63, 3.8) is 0 Å². The predicted octanol–water partition coefficient (Wildman–Crippen LogP) is 3.42. The van der Waals surface area contributed by atoms with E-state index in [-0.39, 0.29) is 6.42 Å². The third-order valence-corrected chi connectivity index (χ3v) is 5.54. The molecule has 154 valence electrons. The summed E-state index contributed by atoms with van der Waals surface area (Å²) in [5.74, 6) is -1.63. The van der Waals surface area contributed by atoms with Crippen LogP contribution in [0.4, 0.5) is 5.69 Å². The molecule has 0 aliphatic heterocycles. The Morgan fingerprint density at radius 1 is 1.10 bits per heavy atom. The average molecular weight is 417 g/mol. The molecule has 0 unspecified atom stereocenters. The highest BCUT2D eigenvalue weighted by molar-refractivity contribution is 6.33. The monoisotopic (exact) mass is 416 g/mol. The molecule has 2 rings (SSSR count). The Balaban J connectivity index is 2.34. The number of nitrogens with one attached hydrogen (secondary N) is 1. The van der Waals surface area contributed by atoms with E-state index in [0.717, 1.165) is 21.7 Å². The fourth-order valence-electron chi connectivity index (χ4n) is 3.12. The summed E-state index contributed by atoms with van der Waals surface area (Å²) in [6.45, 7) is 2.16. The number of likely N-dealkylation sites (N-methyl/N-ethyl adjacent to an activating group) is 1. The number of carbonyl (C=O) groups excluding carboxylic acids is 3. The number of ketones is 2. The summed E-state index contributed by atoms with van der Waals surface area (Å²) in [6, 6.07) is 12.4. The SMILES string of the molecule is CCC(=O)[C@@](C)(C(=O)CO)N(C)C(=O)c1ccc(-c2ccc(NC)cc2Cl)cc1. The van der Waals surface area contributed by atoms with E-state index in [1.165, 1.54) is 14.0 Å². The van der Waals surface area contributed by atoms with E-state index in [0.29, 0.717) is 10.6 Å². The highest BCUT2D eigenvalue weighted by Gasteiger charge is 2.45. The molecule has 0 fully saturated rings. The van der Waals surface area contributed by atoms with Crippen LogP contribution in [0, 0.1) is 0 Å². The standard InChI is InChI=1S/C22H25ClN2O4/c1-5-19(27)22(2,20(28)13-26)25(4)21(29)15-8-6-14(7-9-15)17-11-10-16(24-3)12-18(17)23/h6-12,24,26H,5,13H2,1-4H3/t22-/m0/s1. The van der Waals surface area contributed by atoms with Gasteiger partial charge < -0.3 is 15.3 Å². The summed E-state index contributed by atoms with van der Waals surface area (Å²) >= 11 is 6.34. The molecule has 0 aromatic heterocycles. The highest BCUT2D eigenvalue weighted by Crippen LogP contribution is 2.31. The Hall–Kier alpha value is -2.70. The Kier molecular flexibility index (Phi) is 7.16. The third-order valence-electron chi connectivity index (χ3n) is 5.23. The zero-order valence-corrected chi connectivity index (χ0v) is 17.7. The zero-order chi connectivity index (χ0) is 21.8. The second kappa shape index (κ2) is 9.20. The van der Waals surface area contributed by atoms with Crippen molar-refractivity contribution in [1.29, 1.82) is 0 Å². The number of aliphatic hydroxyl groups excluding tert-OH is 1. The fourth-order valence-corrected chi connectivity index (χ4v) is 3.41. The van der Waals surface area contributed by atoms with Gasteiger partial charge in [-0.1, -0.05) is 36.7 Å². The van der Waals surface area contributed by atoms with Crippen LogP contribution in [0.25, 0.3) is 11.1 Å². The van der Waals surface area contributed by atoms with Crippen LogP contribution in [0.3, 0.4) is 0 Å². The number of rotatable bonds is 8. The third kappa shape index (κ3) is 4.33. The maximum atomic E-state index is 12.9. The van der Waals surface area contributed by atoms with Crippen molar-refractivity contribution in [2.24, 2.45) is 0 Å². The van der Waals surface area contributed by atoms with Crippen LogP contribution in [0.15, 0.2) is 42.5 Å². The molecular weight excluding hydrogens is 392 g/mol. The van der Waals surface area contributed by atoms with E-state index < -0.39 is 29.6 Å². The van der Waals surface area contributed by atoms with Crippen LogP contribution in [-0.4, -0.2) is 53.7 Å². The average Bonchev–Trinajstić information content (AvgIpc) is 2.76. The maximum Gasteiger partial charge on any atom is 0.254 e. The zero-order valence-electron chi connectivity index (χ0n) is 17.0. The van der Waals surface area contributed by atoms with Gasteiger partial charge in [0, 0.05) is 37.3 Å². The van der Waals surface area contributed by atoms with Crippen LogP contribution in [-0.2, 0) is 9.59 Å². The molecule has 0 bridgehead atoms. The lowest BCUT2D eigenvalue weighted by atomic mass is 9.87. The molecule has 0 radical (unpaired) electrons. The van der Waals surface area contributed by atoms with Gasteiger partial charge in [-0.25, -0.2) is 0 Å². The van der Waals surface area contributed by atoms with Gasteiger partial charge >= 0.3 is 0 Å². The van der Waals surface area contributed by atoms with E-state index in [9.17, 15) is 19.5 Å². The molecule has 0 heterocycles. The molecule has 1 amide bonds. The molecule has 0 aliphatic carbocycles. The molecule has 2 N–H and O–H groups in total. The van der Waals surface area contributed by atoms with E-state index in [4.69, 9.17) is 11.6 Å². The Morgan fingerprint density at radius 2 is 1.72 bits per heavy atom. The minimum absolute atomic E-state index is 0.0694. The Bertz CT molecular complexity index is 909. The van der Waals surface area contributed by atoms with Crippen molar-refractivity contribution in [2.75, 3.05) is 26.0 Å². The number of nitrogens with zero attached hydrogens (tertiary/aromatic N) is 1. The van der Waals surface area contributed by atoms with Gasteiger partial charge in [0.1, 0.15) is 6.61 Å². The molecule has 6 nitrogen and oxygen atoms in total. The summed E-state index contributed by atoms with van der Waals surface area (Å²) in [6.07, 6.45) is 0.0694. The predicted molar refractivity (Wildman–Crippen MR) is 114 cm³/mol. The Labute approximate surface area is 175 Å². The number of amides is 1. The first-order valence-electron chi connectivity index (χ1n) is 9.24. The number of hydrogen-bond donors (Lipinski definition) is 2. The lowest BCUT2D eigenvalue weighted by molar-refractivity contribution is -0.141. The summed E-state index contributed by atoms with van der Waals surface area (Å²) in [5, 5.41) is 12.9. The molecule has 0 saturated carbocycles. The molecule has 0 spiro atoms. The van der Waals surface area contributed by atoms with Gasteiger partial charge in [0.25, 0.3) is 5.91 Å². The van der Waals surface area contributed by atoms with Gasteiger partial charge in [0.15, 0.2) is 17.1 Å². The Morgan fingerprint density at radius 3 is 2.21 bits per heavy atom. The van der Waals surface area contributed by atoms with Crippen LogP contribution in [0.1, 0.15) is 30.6 Å². The first kappa shape index (κ1) is 22.6. The molecule has 2 aromatic carbocycles. The number of anilines is 1. The summed E-state index contributed by atoms with van der Waals surface area (Å²) in [7, 11) is 3.20. The first-order valence-corrected chi connectivity index (χ1v) is 9.61. The van der Waals surface area contributed by atoms with Gasteiger partial charge in [-0.15, -0.1) is 0 Å². The van der Waals surface area contributed by atoms with Crippen molar-refractivity contribution in [2.45, 2.75) is 25.8 Å². The van der Waals surface area contributed by atoms with E-state index >= 15 is 0 Å². The van der Waals surface area contributed by atoms with Gasteiger partial charge in [-0.05, 0) is 36.8 Å². The molecule has 1 atom stereocenters. The van der Waals surface area contributed by atoms with Crippen LogP contribution >= 0.6 is 11.6 Å². The van der Waals surface area contributed by atoms with Crippen molar-refractivity contribution < 1.29 is 19.5 Å². The van der Waals surface area contributed by atoms with Gasteiger partial charge in [-0.3, -0.25) is 14.4 Å². The lowest BCUT2D eigenvalue weighted by Crippen LogP contribution is -2.59. The van der Waals surface area contributed by atoms with Crippen LogP contribution in [0.2, 0.25) is 5.02 Å². The summed E-state index contributed by atoms with van der Waals surface area (Å²) < 4.78 is 0. The van der Waals surface area contributed by atoms with Crippen molar-refractivity contribution in [3.8, 4) is 11.1 Å². The molecular formula is C22H25ClN2O4. The number of aliphatic hydroxyl groups is 1. The van der Waals surface area contributed by atoms with E-state index in [2.05, 4.69) is 5.32 Å². The first-order chi connectivity index (χ1) is 13.7. The largest absolute Gasteiger partial charge is 0.388 e. The molecule has 7 heteroatoms. The maximum absolute atomic E-state index is 12.9. The van der Waals surface area contributed by atoms with Crippen molar-refractivity contribution in [3.05, 3.63) is 53.1 Å². The number of Topliss-reactive ketones (excluding diaryl/α,β-unsaturated/α-hetero) is 2. The van der Waals surface area contributed by atoms with Crippen molar-refractivity contribution in [1.82, 2.24) is 4.90 Å². The summed E-state index contributed by atoms with van der Waals surface area (Å²) in [4.78, 5) is 38.7. The lowest BCUT2D eigenvalue weighted by Gasteiger charge is -2.35. The fraction of sp³-hybridized carbons (Fsp3) is 0.318. The second-order valence-corrected chi connectivity index (χ2v) is 7.22. The molecule has 0 saturated heterocycles. The quantitative estimate of drug-likeness (QED) is 0.644. The minimum Gasteiger partial charge on any atom is -0.388 e. The van der Waals surface area contributed by atoms with E-state index in [1.807, 2.05) is 18.2 Å². The number of carbonyl (C=O) groups is 3. The van der Waals surface area contributed by atoms with Gasteiger partial charge in [-0.2, -0.15) is 0 Å². The second-order valence-electron chi connectivity index (χ2n) is 6.82. The molecule has 29 heavy (non-hydrogen) atoms. The number of benzene rings is 2. The van der Waals surface area contributed by atoms with Crippen LogP contribution in [0.5, 0.6) is 0 Å². The van der Waals surface area contributed by atoms with Gasteiger partial charge in [0.2, 0.25) is 0 Å². The van der Waals surface area contributed by atoms with E-state index in [1.54, 1.807) is 38.2 Å². The topological polar surface area (TPSA) is 86.7 Å².